The molecule has 10 heteroatoms. The zero-order valence-electron chi connectivity index (χ0n) is 17.1. The summed E-state index contributed by atoms with van der Waals surface area (Å²) >= 11 is 0. The molecule has 4 aromatic rings. The molecule has 0 saturated heterocycles. The fourth-order valence-corrected chi connectivity index (χ4v) is 3.21. The first-order valence-corrected chi connectivity index (χ1v) is 9.70. The van der Waals surface area contributed by atoms with Gasteiger partial charge in [-0.25, -0.2) is 19.2 Å². The number of anilines is 3. The standard InChI is InChI=1S/C22H20FN7O2/c1-13-27-18(19-20(24)25-9-10-30(13)19)21(31)28-17-4-2-3-14(11-17)12-26-22(32)29-16-7-5-15(23)6-8-16/h2-11H,12H2,1H3,(H2,24,25)(H,28,31)(H2,26,29,32). The van der Waals surface area contributed by atoms with E-state index in [2.05, 4.69) is 25.9 Å². The van der Waals surface area contributed by atoms with Gasteiger partial charge in [-0.15, -0.1) is 0 Å². The van der Waals surface area contributed by atoms with Crippen LogP contribution in [0.2, 0.25) is 0 Å². The molecule has 0 unspecified atom stereocenters. The smallest absolute Gasteiger partial charge is 0.319 e. The minimum absolute atomic E-state index is 0.176. The summed E-state index contributed by atoms with van der Waals surface area (Å²) in [6.45, 7) is 1.99. The van der Waals surface area contributed by atoms with Gasteiger partial charge in [-0.1, -0.05) is 12.1 Å². The van der Waals surface area contributed by atoms with E-state index in [0.29, 0.717) is 22.7 Å². The summed E-state index contributed by atoms with van der Waals surface area (Å²) in [5.41, 5.74) is 8.34. The van der Waals surface area contributed by atoms with E-state index in [0.717, 1.165) is 5.56 Å². The number of benzene rings is 2. The van der Waals surface area contributed by atoms with E-state index < -0.39 is 11.9 Å². The average molecular weight is 433 g/mol. The van der Waals surface area contributed by atoms with Crippen molar-refractivity contribution >= 4 is 34.6 Å². The summed E-state index contributed by atoms with van der Waals surface area (Å²) in [6.07, 6.45) is 3.23. The molecule has 2 aromatic carbocycles. The number of hydrogen-bond donors (Lipinski definition) is 4. The van der Waals surface area contributed by atoms with Crippen molar-refractivity contribution in [3.63, 3.8) is 0 Å². The Morgan fingerprint density at radius 3 is 2.66 bits per heavy atom. The fourth-order valence-electron chi connectivity index (χ4n) is 3.21. The number of aromatic nitrogens is 3. The fraction of sp³-hybridized carbons (Fsp3) is 0.0909. The monoisotopic (exact) mass is 433 g/mol. The molecule has 0 aliphatic rings. The first-order valence-electron chi connectivity index (χ1n) is 9.70. The molecule has 0 spiro atoms. The first kappa shape index (κ1) is 20.8. The van der Waals surface area contributed by atoms with Crippen molar-refractivity contribution in [1.29, 1.82) is 0 Å². The second-order valence-electron chi connectivity index (χ2n) is 7.01. The molecule has 0 atom stereocenters. The highest BCUT2D eigenvalue weighted by molar-refractivity contribution is 6.09. The van der Waals surface area contributed by atoms with Crippen LogP contribution in [-0.4, -0.2) is 26.3 Å². The highest BCUT2D eigenvalue weighted by atomic mass is 19.1. The Morgan fingerprint density at radius 1 is 1.09 bits per heavy atom. The maximum atomic E-state index is 13.0. The minimum Gasteiger partial charge on any atom is -0.382 e. The molecule has 0 aliphatic carbocycles. The molecule has 2 heterocycles. The second kappa shape index (κ2) is 8.72. The summed E-state index contributed by atoms with van der Waals surface area (Å²) in [5, 5.41) is 8.13. The number of carbonyl (C=O) groups is 2. The van der Waals surface area contributed by atoms with Gasteiger partial charge in [0.25, 0.3) is 5.91 Å². The number of nitrogens with zero attached hydrogens (tertiary/aromatic N) is 3. The van der Waals surface area contributed by atoms with Crippen LogP contribution in [0.25, 0.3) is 5.52 Å². The Labute approximate surface area is 182 Å². The van der Waals surface area contributed by atoms with Gasteiger partial charge in [-0.2, -0.15) is 0 Å². The van der Waals surface area contributed by atoms with Crippen LogP contribution in [0.15, 0.2) is 60.9 Å². The second-order valence-corrected chi connectivity index (χ2v) is 7.01. The molecule has 4 rings (SSSR count). The maximum absolute atomic E-state index is 13.0. The van der Waals surface area contributed by atoms with Crippen molar-refractivity contribution in [1.82, 2.24) is 19.7 Å². The van der Waals surface area contributed by atoms with Crippen molar-refractivity contribution < 1.29 is 14.0 Å². The number of fused-ring (bicyclic) bond motifs is 1. The van der Waals surface area contributed by atoms with E-state index in [1.165, 1.54) is 24.3 Å². The van der Waals surface area contributed by atoms with Gasteiger partial charge >= 0.3 is 6.03 Å². The van der Waals surface area contributed by atoms with Gasteiger partial charge in [-0.05, 0) is 48.9 Å². The molecule has 32 heavy (non-hydrogen) atoms. The lowest BCUT2D eigenvalue weighted by molar-refractivity contribution is 0.102. The number of aryl methyl sites for hydroxylation is 1. The van der Waals surface area contributed by atoms with E-state index in [1.807, 2.05) is 6.07 Å². The molecule has 9 nitrogen and oxygen atoms in total. The summed E-state index contributed by atoms with van der Waals surface area (Å²) in [4.78, 5) is 33.2. The van der Waals surface area contributed by atoms with Gasteiger partial charge in [0.15, 0.2) is 5.69 Å². The third kappa shape index (κ3) is 4.48. The zero-order valence-corrected chi connectivity index (χ0v) is 17.1. The molecule has 0 radical (unpaired) electrons. The largest absolute Gasteiger partial charge is 0.382 e. The van der Waals surface area contributed by atoms with Crippen LogP contribution in [0, 0.1) is 12.7 Å². The SMILES string of the molecule is Cc1nc(C(=O)Nc2cccc(CNC(=O)Nc3ccc(F)cc3)c2)c2c(N)nccn12. The number of nitrogen functional groups attached to an aromatic ring is 1. The van der Waals surface area contributed by atoms with Gasteiger partial charge in [-0.3, -0.25) is 9.20 Å². The Balaban J connectivity index is 1.41. The van der Waals surface area contributed by atoms with Crippen LogP contribution in [0.1, 0.15) is 21.9 Å². The highest BCUT2D eigenvalue weighted by Crippen LogP contribution is 2.20. The third-order valence-electron chi connectivity index (χ3n) is 4.71. The number of rotatable bonds is 5. The molecule has 3 amide bonds. The Kier molecular flexibility index (Phi) is 5.67. The van der Waals surface area contributed by atoms with Crippen molar-refractivity contribution in [2.75, 3.05) is 16.4 Å². The van der Waals surface area contributed by atoms with Crippen molar-refractivity contribution in [2.24, 2.45) is 0 Å². The number of hydrogen-bond acceptors (Lipinski definition) is 5. The van der Waals surface area contributed by atoms with E-state index in [-0.39, 0.29) is 23.9 Å². The molecule has 0 saturated carbocycles. The predicted octanol–water partition coefficient (Wildman–Crippen LogP) is 3.33. The number of halogens is 1. The molecule has 162 valence electrons. The van der Waals surface area contributed by atoms with Gasteiger partial charge in [0, 0.05) is 30.3 Å². The molecule has 0 bridgehead atoms. The van der Waals surface area contributed by atoms with E-state index in [4.69, 9.17) is 5.73 Å². The molecule has 0 fully saturated rings. The Morgan fingerprint density at radius 2 is 1.88 bits per heavy atom. The van der Waals surface area contributed by atoms with E-state index in [9.17, 15) is 14.0 Å². The van der Waals surface area contributed by atoms with Gasteiger partial charge < -0.3 is 21.7 Å². The van der Waals surface area contributed by atoms with Crippen LogP contribution in [0.5, 0.6) is 0 Å². The van der Waals surface area contributed by atoms with E-state index in [1.54, 1.807) is 41.9 Å². The summed E-state index contributed by atoms with van der Waals surface area (Å²) in [7, 11) is 0. The molecular weight excluding hydrogens is 413 g/mol. The number of amides is 3. The zero-order chi connectivity index (χ0) is 22.7. The summed E-state index contributed by atoms with van der Waals surface area (Å²) in [5.74, 6) is 0.0228. The first-order chi connectivity index (χ1) is 15.4. The lowest BCUT2D eigenvalue weighted by atomic mass is 10.2. The average Bonchev–Trinajstić information content (AvgIpc) is 3.12. The van der Waals surface area contributed by atoms with Crippen LogP contribution < -0.4 is 21.7 Å². The van der Waals surface area contributed by atoms with Crippen LogP contribution >= 0.6 is 0 Å². The number of nitrogens with two attached hydrogens (primary N) is 1. The number of nitrogens with one attached hydrogen (secondary N) is 3. The number of urea groups is 1. The minimum atomic E-state index is -0.436. The molecule has 5 N–H and O–H groups in total. The van der Waals surface area contributed by atoms with Crippen LogP contribution in [-0.2, 0) is 6.54 Å². The van der Waals surface area contributed by atoms with Gasteiger partial charge in [0.05, 0.1) is 0 Å². The maximum Gasteiger partial charge on any atom is 0.319 e. The van der Waals surface area contributed by atoms with Crippen molar-refractivity contribution in [3.8, 4) is 0 Å². The molecule has 0 aliphatic heterocycles. The van der Waals surface area contributed by atoms with E-state index >= 15 is 0 Å². The number of imidazole rings is 1. The molecular formula is C22H20FN7O2. The number of carbonyl (C=O) groups excluding carboxylic acids is 2. The third-order valence-corrected chi connectivity index (χ3v) is 4.71. The Hall–Kier alpha value is -4.47. The van der Waals surface area contributed by atoms with Gasteiger partial charge in [0.1, 0.15) is 23.0 Å². The lowest BCUT2D eigenvalue weighted by Gasteiger charge is -2.10. The van der Waals surface area contributed by atoms with Crippen molar-refractivity contribution in [2.45, 2.75) is 13.5 Å². The van der Waals surface area contributed by atoms with Crippen molar-refractivity contribution in [3.05, 3.63) is 83.8 Å². The summed E-state index contributed by atoms with van der Waals surface area (Å²) in [6, 6.07) is 12.1. The van der Waals surface area contributed by atoms with Gasteiger partial charge in [0.2, 0.25) is 0 Å². The van der Waals surface area contributed by atoms with Crippen LogP contribution in [0.4, 0.5) is 26.4 Å². The highest BCUT2D eigenvalue weighted by Gasteiger charge is 2.18. The van der Waals surface area contributed by atoms with Crippen LogP contribution in [0.3, 0.4) is 0 Å². The molecule has 2 aromatic heterocycles. The summed E-state index contributed by atoms with van der Waals surface area (Å²) < 4.78 is 14.7. The Bertz CT molecular complexity index is 1300. The predicted molar refractivity (Wildman–Crippen MR) is 119 cm³/mol. The quantitative estimate of drug-likeness (QED) is 0.384. The normalized spacial score (nSPS) is 10.7. The topological polar surface area (TPSA) is 126 Å². The lowest BCUT2D eigenvalue weighted by Crippen LogP contribution is -2.28.